The minimum Gasteiger partial charge on any atom is -0.326 e. The highest BCUT2D eigenvalue weighted by Crippen LogP contribution is 2.25. The Balaban J connectivity index is 3.33. The summed E-state index contributed by atoms with van der Waals surface area (Å²) in [5.74, 6) is 0. The average molecular weight is 202 g/mol. The predicted molar refractivity (Wildman–Crippen MR) is 54.4 cm³/mol. The molecule has 12 heavy (non-hydrogen) atoms. The van der Waals surface area contributed by atoms with Crippen molar-refractivity contribution >= 4 is 29.3 Å². The Labute approximate surface area is 81.8 Å². The van der Waals surface area contributed by atoms with Crippen molar-refractivity contribution < 1.29 is 0 Å². The van der Waals surface area contributed by atoms with Gasteiger partial charge in [0, 0.05) is 16.6 Å². The van der Waals surface area contributed by atoms with Gasteiger partial charge >= 0.3 is 0 Å². The van der Waals surface area contributed by atoms with Crippen LogP contribution in [0.2, 0.25) is 10.0 Å². The Kier molecular flexibility index (Phi) is 3.15. The molecule has 0 radical (unpaired) electrons. The van der Waals surface area contributed by atoms with Crippen LogP contribution in [0.4, 0.5) is 0 Å². The van der Waals surface area contributed by atoms with E-state index in [4.69, 9.17) is 28.9 Å². The van der Waals surface area contributed by atoms with E-state index >= 15 is 0 Å². The van der Waals surface area contributed by atoms with Crippen molar-refractivity contribution in [3.63, 3.8) is 0 Å². The second-order valence-corrected chi connectivity index (χ2v) is 3.21. The van der Waals surface area contributed by atoms with Crippen molar-refractivity contribution in [3.8, 4) is 0 Å². The van der Waals surface area contributed by atoms with E-state index in [0.717, 1.165) is 11.1 Å². The zero-order chi connectivity index (χ0) is 9.14. The van der Waals surface area contributed by atoms with E-state index in [1.807, 2.05) is 0 Å². The Morgan fingerprint density at radius 3 is 2.58 bits per heavy atom. The zero-order valence-electron chi connectivity index (χ0n) is 6.48. The summed E-state index contributed by atoms with van der Waals surface area (Å²) in [6.07, 6.45) is 1.69. The number of hydrogen-bond donors (Lipinski definition) is 1. The molecule has 3 heteroatoms. The molecule has 0 fully saturated rings. The second-order valence-electron chi connectivity index (χ2n) is 2.36. The first kappa shape index (κ1) is 9.59. The van der Waals surface area contributed by atoms with Crippen molar-refractivity contribution in [1.82, 2.24) is 0 Å². The van der Waals surface area contributed by atoms with Gasteiger partial charge in [0.05, 0.1) is 0 Å². The third-order valence-electron chi connectivity index (χ3n) is 1.62. The second kappa shape index (κ2) is 3.94. The molecule has 0 bridgehead atoms. The van der Waals surface area contributed by atoms with Crippen LogP contribution in [0.3, 0.4) is 0 Å². The van der Waals surface area contributed by atoms with Crippen LogP contribution in [0.5, 0.6) is 0 Å². The van der Waals surface area contributed by atoms with E-state index in [-0.39, 0.29) is 0 Å². The lowest BCUT2D eigenvalue weighted by Crippen LogP contribution is -1.99. The summed E-state index contributed by atoms with van der Waals surface area (Å²) in [5.41, 5.74) is 7.29. The number of rotatable bonds is 2. The van der Waals surface area contributed by atoms with E-state index in [9.17, 15) is 0 Å². The Bertz CT molecular complexity index is 308. The summed E-state index contributed by atoms with van der Waals surface area (Å²) in [4.78, 5) is 0. The Hall–Kier alpha value is -0.500. The molecule has 0 heterocycles. The normalized spacial score (nSPS) is 9.92. The van der Waals surface area contributed by atoms with Gasteiger partial charge in [-0.2, -0.15) is 0 Å². The molecule has 2 N–H and O–H groups in total. The SMILES string of the molecule is C=Cc1cc(Cl)cc(Cl)c1CN. The summed E-state index contributed by atoms with van der Waals surface area (Å²) < 4.78 is 0. The highest BCUT2D eigenvalue weighted by Gasteiger charge is 2.04. The molecule has 1 rings (SSSR count). The van der Waals surface area contributed by atoms with E-state index < -0.39 is 0 Å². The van der Waals surface area contributed by atoms with Gasteiger partial charge < -0.3 is 5.73 Å². The van der Waals surface area contributed by atoms with Gasteiger partial charge in [-0.25, -0.2) is 0 Å². The Morgan fingerprint density at radius 1 is 1.42 bits per heavy atom. The lowest BCUT2D eigenvalue weighted by atomic mass is 10.1. The van der Waals surface area contributed by atoms with Crippen LogP contribution in [0.1, 0.15) is 11.1 Å². The maximum absolute atomic E-state index is 5.90. The van der Waals surface area contributed by atoms with E-state index in [0.29, 0.717) is 16.6 Å². The summed E-state index contributed by atoms with van der Waals surface area (Å²) in [6, 6.07) is 3.47. The molecule has 1 nitrogen and oxygen atoms in total. The van der Waals surface area contributed by atoms with Crippen molar-refractivity contribution in [1.29, 1.82) is 0 Å². The van der Waals surface area contributed by atoms with Crippen LogP contribution in [0, 0.1) is 0 Å². The molecule has 1 aromatic rings. The molecule has 0 aromatic heterocycles. The van der Waals surface area contributed by atoms with Crippen LogP contribution in [-0.4, -0.2) is 0 Å². The van der Waals surface area contributed by atoms with Gasteiger partial charge in [-0.05, 0) is 23.3 Å². The molecule has 0 atom stereocenters. The van der Waals surface area contributed by atoms with Crippen LogP contribution < -0.4 is 5.73 Å². The predicted octanol–water partition coefficient (Wildman–Crippen LogP) is 3.10. The molecule has 0 saturated carbocycles. The van der Waals surface area contributed by atoms with Crippen molar-refractivity contribution in [2.45, 2.75) is 6.54 Å². The maximum atomic E-state index is 5.90. The fraction of sp³-hybridized carbons (Fsp3) is 0.111. The third kappa shape index (κ3) is 1.81. The molecule has 1 aromatic carbocycles. The number of hydrogen-bond acceptors (Lipinski definition) is 1. The number of benzene rings is 1. The van der Waals surface area contributed by atoms with Gasteiger partial charge in [0.2, 0.25) is 0 Å². The highest BCUT2D eigenvalue weighted by atomic mass is 35.5. The minimum atomic E-state index is 0.400. The van der Waals surface area contributed by atoms with Crippen LogP contribution >= 0.6 is 23.2 Å². The fourth-order valence-corrected chi connectivity index (χ4v) is 1.61. The van der Waals surface area contributed by atoms with Gasteiger partial charge in [0.15, 0.2) is 0 Å². The molecule has 0 unspecified atom stereocenters. The smallest absolute Gasteiger partial charge is 0.0471 e. The average Bonchev–Trinajstić information content (AvgIpc) is 2.03. The van der Waals surface area contributed by atoms with Crippen molar-refractivity contribution in [2.24, 2.45) is 5.73 Å². The molecule has 0 aliphatic heterocycles. The molecular formula is C9H9Cl2N. The van der Waals surface area contributed by atoms with E-state index in [2.05, 4.69) is 6.58 Å². The minimum absolute atomic E-state index is 0.400. The maximum Gasteiger partial charge on any atom is 0.0471 e. The Morgan fingerprint density at radius 2 is 2.08 bits per heavy atom. The first-order chi connectivity index (χ1) is 5.69. The van der Waals surface area contributed by atoms with E-state index in [1.54, 1.807) is 18.2 Å². The topological polar surface area (TPSA) is 26.0 Å². The van der Waals surface area contributed by atoms with Gasteiger partial charge in [-0.15, -0.1) is 0 Å². The molecule has 0 aliphatic rings. The lowest BCUT2D eigenvalue weighted by Gasteiger charge is -2.06. The molecule has 0 amide bonds. The van der Waals surface area contributed by atoms with Crippen LogP contribution in [0.25, 0.3) is 6.08 Å². The summed E-state index contributed by atoms with van der Waals surface area (Å²) in [5, 5.41) is 1.20. The molecule has 64 valence electrons. The van der Waals surface area contributed by atoms with Crippen molar-refractivity contribution in [2.75, 3.05) is 0 Å². The molecule has 0 aliphatic carbocycles. The van der Waals surface area contributed by atoms with Crippen molar-refractivity contribution in [3.05, 3.63) is 39.9 Å². The summed E-state index contributed by atoms with van der Waals surface area (Å²) in [6.45, 7) is 4.05. The van der Waals surface area contributed by atoms with Gasteiger partial charge in [0.1, 0.15) is 0 Å². The summed E-state index contributed by atoms with van der Waals surface area (Å²) in [7, 11) is 0. The molecule has 0 spiro atoms. The third-order valence-corrected chi connectivity index (χ3v) is 2.17. The first-order valence-electron chi connectivity index (χ1n) is 3.49. The van der Waals surface area contributed by atoms with Crippen LogP contribution in [-0.2, 0) is 6.54 Å². The summed E-state index contributed by atoms with van der Waals surface area (Å²) >= 11 is 11.7. The fourth-order valence-electron chi connectivity index (χ4n) is 1.02. The quantitative estimate of drug-likeness (QED) is 0.783. The van der Waals surface area contributed by atoms with E-state index in [1.165, 1.54) is 0 Å². The van der Waals surface area contributed by atoms with Gasteiger partial charge in [0.25, 0.3) is 0 Å². The first-order valence-corrected chi connectivity index (χ1v) is 4.25. The van der Waals surface area contributed by atoms with Gasteiger partial charge in [-0.3, -0.25) is 0 Å². The number of nitrogens with two attached hydrogens (primary N) is 1. The zero-order valence-corrected chi connectivity index (χ0v) is 7.99. The van der Waals surface area contributed by atoms with Gasteiger partial charge in [-0.1, -0.05) is 35.9 Å². The number of halogens is 2. The lowest BCUT2D eigenvalue weighted by molar-refractivity contribution is 1.07. The monoisotopic (exact) mass is 201 g/mol. The van der Waals surface area contributed by atoms with Crippen LogP contribution in [0.15, 0.2) is 18.7 Å². The molecule has 0 saturated heterocycles. The standard InChI is InChI=1S/C9H9Cl2N/c1-2-6-3-7(10)4-9(11)8(6)5-12/h2-4H,1,5,12H2. The highest BCUT2D eigenvalue weighted by molar-refractivity contribution is 6.35. The molecular weight excluding hydrogens is 193 g/mol. The largest absolute Gasteiger partial charge is 0.326 e.